The van der Waals surface area contributed by atoms with Gasteiger partial charge in [0.1, 0.15) is 0 Å². The molecule has 0 heterocycles. The van der Waals surface area contributed by atoms with Gasteiger partial charge >= 0.3 is 11.9 Å². The summed E-state index contributed by atoms with van der Waals surface area (Å²) < 4.78 is 31.0. The lowest BCUT2D eigenvalue weighted by Gasteiger charge is -2.65. The maximum atomic E-state index is 13.0. The first-order valence-corrected chi connectivity index (χ1v) is 8.22. The van der Waals surface area contributed by atoms with E-state index in [0.29, 0.717) is 18.8 Å². The van der Waals surface area contributed by atoms with Crippen molar-refractivity contribution < 1.29 is 23.4 Å². The lowest BCUT2D eigenvalue weighted by Crippen LogP contribution is -2.60. The molecule has 2 atom stereocenters. The SMILES string of the molecule is CC(F)(F)C(=O)OCC12CC3CC(C1)CC(C(C)(C)O)(C3)C2. The molecular weight excluding hydrogens is 290 g/mol. The number of hydrogen-bond donors (Lipinski definition) is 1. The van der Waals surface area contributed by atoms with Crippen LogP contribution in [0.3, 0.4) is 0 Å². The predicted molar refractivity (Wildman–Crippen MR) is 77.4 cm³/mol. The molecule has 1 N–H and O–H groups in total. The summed E-state index contributed by atoms with van der Waals surface area (Å²) in [4.78, 5) is 11.4. The summed E-state index contributed by atoms with van der Waals surface area (Å²) in [5.41, 5.74) is -1.15. The first-order chi connectivity index (χ1) is 9.95. The monoisotopic (exact) mass is 316 g/mol. The van der Waals surface area contributed by atoms with Gasteiger partial charge in [-0.05, 0) is 69.6 Å². The Kier molecular flexibility index (Phi) is 3.42. The number of carbonyl (C=O) groups is 1. The van der Waals surface area contributed by atoms with Gasteiger partial charge in [-0.15, -0.1) is 0 Å². The molecule has 4 aliphatic carbocycles. The summed E-state index contributed by atoms with van der Waals surface area (Å²) in [6.45, 7) is 4.37. The standard InChI is InChI=1S/C17H26F2O3/c1-14(2,21)17-7-11-4-12(8-17)6-16(5-11,9-17)10-22-13(20)15(3,18)19/h11-12,21H,4-10H2,1-3H3. The summed E-state index contributed by atoms with van der Waals surface area (Å²) in [5, 5.41) is 10.7. The molecule has 0 amide bonds. The van der Waals surface area contributed by atoms with Crippen LogP contribution < -0.4 is 0 Å². The summed E-state index contributed by atoms with van der Waals surface area (Å²) >= 11 is 0. The van der Waals surface area contributed by atoms with Crippen LogP contribution in [-0.2, 0) is 9.53 Å². The minimum absolute atomic E-state index is 0.0695. The molecule has 22 heavy (non-hydrogen) atoms. The molecule has 0 saturated heterocycles. The van der Waals surface area contributed by atoms with E-state index in [1.165, 1.54) is 0 Å². The molecule has 4 bridgehead atoms. The minimum atomic E-state index is -3.43. The highest BCUT2D eigenvalue weighted by atomic mass is 19.3. The molecule has 4 saturated carbocycles. The molecule has 4 rings (SSSR count). The summed E-state index contributed by atoms with van der Waals surface area (Å²) in [5.74, 6) is -3.82. The van der Waals surface area contributed by atoms with Gasteiger partial charge in [-0.1, -0.05) is 0 Å². The molecule has 4 aliphatic rings. The van der Waals surface area contributed by atoms with Crippen LogP contribution in [0, 0.1) is 22.7 Å². The van der Waals surface area contributed by atoms with Crippen LogP contribution in [0.2, 0.25) is 0 Å². The van der Waals surface area contributed by atoms with Crippen LogP contribution in [0.5, 0.6) is 0 Å². The number of alkyl halides is 2. The molecule has 3 nitrogen and oxygen atoms in total. The van der Waals surface area contributed by atoms with Gasteiger partial charge in [0.2, 0.25) is 0 Å². The number of rotatable bonds is 4. The fraction of sp³-hybridized carbons (Fsp3) is 0.941. The summed E-state index contributed by atoms with van der Waals surface area (Å²) in [6.07, 6.45) is 5.82. The van der Waals surface area contributed by atoms with E-state index >= 15 is 0 Å². The molecule has 0 aliphatic heterocycles. The number of halogens is 2. The van der Waals surface area contributed by atoms with E-state index < -0.39 is 17.5 Å². The summed E-state index contributed by atoms with van der Waals surface area (Å²) in [7, 11) is 0. The Balaban J connectivity index is 1.78. The molecule has 0 spiro atoms. The number of ether oxygens (including phenoxy) is 1. The van der Waals surface area contributed by atoms with E-state index in [-0.39, 0.29) is 17.4 Å². The van der Waals surface area contributed by atoms with E-state index in [1.807, 2.05) is 13.8 Å². The average Bonchev–Trinajstić information content (AvgIpc) is 2.31. The Morgan fingerprint density at radius 3 is 2.18 bits per heavy atom. The third-order valence-electron chi connectivity index (χ3n) is 6.35. The second-order valence-corrected chi connectivity index (χ2v) is 8.76. The highest BCUT2D eigenvalue weighted by Gasteiger charge is 2.62. The number of aliphatic hydroxyl groups is 1. The number of carbonyl (C=O) groups excluding carboxylic acids is 1. The largest absolute Gasteiger partial charge is 0.461 e. The minimum Gasteiger partial charge on any atom is -0.461 e. The third kappa shape index (κ3) is 2.55. The topological polar surface area (TPSA) is 46.5 Å². The molecule has 126 valence electrons. The Bertz CT molecular complexity index is 461. The van der Waals surface area contributed by atoms with Gasteiger partial charge in [0, 0.05) is 12.3 Å². The van der Waals surface area contributed by atoms with Crippen LogP contribution in [0.4, 0.5) is 8.78 Å². The van der Waals surface area contributed by atoms with Gasteiger partial charge in [-0.3, -0.25) is 0 Å². The molecule has 5 heteroatoms. The van der Waals surface area contributed by atoms with Gasteiger partial charge < -0.3 is 9.84 Å². The zero-order chi connectivity index (χ0) is 16.4. The fourth-order valence-electron chi connectivity index (χ4n) is 5.68. The normalized spacial score (nSPS) is 40.8. The Labute approximate surface area is 130 Å². The van der Waals surface area contributed by atoms with Gasteiger partial charge in [0.15, 0.2) is 0 Å². The van der Waals surface area contributed by atoms with Crippen LogP contribution >= 0.6 is 0 Å². The first kappa shape index (κ1) is 16.2. The van der Waals surface area contributed by atoms with Gasteiger partial charge in [0.25, 0.3) is 0 Å². The van der Waals surface area contributed by atoms with E-state index in [2.05, 4.69) is 0 Å². The fourth-order valence-corrected chi connectivity index (χ4v) is 5.68. The average molecular weight is 316 g/mol. The highest BCUT2D eigenvalue weighted by molar-refractivity contribution is 5.76. The smallest absolute Gasteiger partial charge is 0.376 e. The van der Waals surface area contributed by atoms with Crippen molar-refractivity contribution in [2.45, 2.75) is 70.8 Å². The predicted octanol–water partition coefficient (Wildman–Crippen LogP) is 3.54. The van der Waals surface area contributed by atoms with Crippen LogP contribution in [-0.4, -0.2) is 29.2 Å². The van der Waals surface area contributed by atoms with Crippen molar-refractivity contribution in [3.05, 3.63) is 0 Å². The second kappa shape index (κ2) is 4.65. The van der Waals surface area contributed by atoms with Crippen molar-refractivity contribution in [1.82, 2.24) is 0 Å². The lowest BCUT2D eigenvalue weighted by molar-refractivity contribution is -0.211. The van der Waals surface area contributed by atoms with Gasteiger partial charge in [0.05, 0.1) is 12.2 Å². The van der Waals surface area contributed by atoms with E-state index in [1.54, 1.807) is 0 Å². The van der Waals surface area contributed by atoms with Crippen molar-refractivity contribution in [3.8, 4) is 0 Å². The Morgan fingerprint density at radius 1 is 1.18 bits per heavy atom. The molecule has 0 aromatic carbocycles. The zero-order valence-electron chi connectivity index (χ0n) is 13.6. The third-order valence-corrected chi connectivity index (χ3v) is 6.35. The maximum absolute atomic E-state index is 13.0. The van der Waals surface area contributed by atoms with E-state index in [9.17, 15) is 18.7 Å². The van der Waals surface area contributed by atoms with Crippen LogP contribution in [0.1, 0.15) is 59.3 Å². The number of hydrogen-bond acceptors (Lipinski definition) is 3. The van der Waals surface area contributed by atoms with Crippen molar-refractivity contribution in [1.29, 1.82) is 0 Å². The Morgan fingerprint density at radius 2 is 1.73 bits per heavy atom. The maximum Gasteiger partial charge on any atom is 0.376 e. The van der Waals surface area contributed by atoms with Crippen LogP contribution in [0.25, 0.3) is 0 Å². The van der Waals surface area contributed by atoms with E-state index in [0.717, 1.165) is 38.5 Å². The molecule has 2 unspecified atom stereocenters. The quantitative estimate of drug-likeness (QED) is 0.807. The molecule has 0 radical (unpaired) electrons. The van der Waals surface area contributed by atoms with Crippen molar-refractivity contribution in [3.63, 3.8) is 0 Å². The first-order valence-electron chi connectivity index (χ1n) is 8.22. The number of esters is 1. The Hall–Kier alpha value is -0.710. The van der Waals surface area contributed by atoms with Crippen molar-refractivity contribution in [2.24, 2.45) is 22.7 Å². The molecule has 0 aromatic rings. The molecular formula is C17H26F2O3. The summed E-state index contributed by atoms with van der Waals surface area (Å²) in [6, 6.07) is 0. The second-order valence-electron chi connectivity index (χ2n) is 8.76. The van der Waals surface area contributed by atoms with Gasteiger partial charge in [-0.25, -0.2) is 4.79 Å². The zero-order valence-corrected chi connectivity index (χ0v) is 13.6. The van der Waals surface area contributed by atoms with Crippen LogP contribution in [0.15, 0.2) is 0 Å². The van der Waals surface area contributed by atoms with Crippen molar-refractivity contribution in [2.75, 3.05) is 6.61 Å². The molecule has 4 fully saturated rings. The lowest BCUT2D eigenvalue weighted by atomic mass is 9.41. The highest BCUT2D eigenvalue weighted by Crippen LogP contribution is 2.68. The van der Waals surface area contributed by atoms with Gasteiger partial charge in [-0.2, -0.15) is 8.78 Å². The molecule has 0 aromatic heterocycles. The van der Waals surface area contributed by atoms with E-state index in [4.69, 9.17) is 4.74 Å². The van der Waals surface area contributed by atoms with Crippen molar-refractivity contribution >= 4 is 5.97 Å².